The predicted molar refractivity (Wildman–Crippen MR) is 56.9 cm³/mol. The van der Waals surface area contributed by atoms with Crippen molar-refractivity contribution in [3.05, 3.63) is 0 Å². The minimum Gasteiger partial charge on any atom is -0.393 e. The third-order valence-corrected chi connectivity index (χ3v) is 2.39. The van der Waals surface area contributed by atoms with E-state index in [4.69, 9.17) is 5.73 Å². The van der Waals surface area contributed by atoms with Gasteiger partial charge in [-0.05, 0) is 39.3 Å². The Morgan fingerprint density at radius 2 is 2.07 bits per heavy atom. The number of rotatable bonds is 8. The van der Waals surface area contributed by atoms with Crippen LogP contribution in [-0.4, -0.2) is 36.5 Å². The molecule has 1 unspecified atom stereocenters. The summed E-state index contributed by atoms with van der Waals surface area (Å²) in [4.78, 5) is 0. The Labute approximate surface area is 85.9 Å². The third-order valence-electron chi connectivity index (χ3n) is 2.39. The first-order valence-corrected chi connectivity index (χ1v) is 5.37. The molecule has 0 aromatic heterocycles. The van der Waals surface area contributed by atoms with Crippen molar-refractivity contribution in [2.75, 3.05) is 13.1 Å². The quantitative estimate of drug-likeness (QED) is 0.551. The molecule has 0 saturated carbocycles. The lowest BCUT2D eigenvalue weighted by Crippen LogP contribution is -2.39. The molecule has 4 N–H and O–H groups in total. The Kier molecular flexibility index (Phi) is 8.04. The van der Waals surface area contributed by atoms with Gasteiger partial charge in [0.05, 0.1) is 6.10 Å². The van der Waals surface area contributed by atoms with Gasteiger partial charge in [-0.1, -0.05) is 6.92 Å². The maximum atomic E-state index is 13.0. The number of alkyl halides is 1. The lowest BCUT2D eigenvalue weighted by Gasteiger charge is -2.20. The molecule has 0 radical (unpaired) electrons. The highest BCUT2D eigenvalue weighted by Gasteiger charge is 2.14. The molecule has 14 heavy (non-hydrogen) atoms. The van der Waals surface area contributed by atoms with Gasteiger partial charge in [0.15, 0.2) is 0 Å². The van der Waals surface area contributed by atoms with Gasteiger partial charge < -0.3 is 16.2 Å². The van der Waals surface area contributed by atoms with Crippen molar-refractivity contribution >= 4 is 0 Å². The first-order chi connectivity index (χ1) is 6.61. The van der Waals surface area contributed by atoms with Crippen LogP contribution in [0.5, 0.6) is 0 Å². The summed E-state index contributed by atoms with van der Waals surface area (Å²) in [6.45, 7) is 4.60. The molecule has 0 saturated heterocycles. The van der Waals surface area contributed by atoms with Crippen molar-refractivity contribution in [2.24, 2.45) is 5.73 Å². The van der Waals surface area contributed by atoms with E-state index in [0.29, 0.717) is 25.9 Å². The zero-order valence-electron chi connectivity index (χ0n) is 9.17. The fourth-order valence-electron chi connectivity index (χ4n) is 1.31. The molecular formula is C10H23FN2O. The molecule has 3 atom stereocenters. The second-order valence-electron chi connectivity index (χ2n) is 3.67. The highest BCUT2D eigenvalue weighted by Crippen LogP contribution is 2.03. The second-order valence-corrected chi connectivity index (χ2v) is 3.67. The summed E-state index contributed by atoms with van der Waals surface area (Å²) < 4.78 is 13.0. The first kappa shape index (κ1) is 13.8. The topological polar surface area (TPSA) is 58.3 Å². The molecule has 3 nitrogen and oxygen atoms in total. The number of aliphatic hydroxyl groups excluding tert-OH is 1. The summed E-state index contributed by atoms with van der Waals surface area (Å²) >= 11 is 0. The largest absolute Gasteiger partial charge is 0.393 e. The maximum Gasteiger partial charge on any atom is 0.113 e. The van der Waals surface area contributed by atoms with E-state index in [1.54, 1.807) is 0 Å². The highest BCUT2D eigenvalue weighted by molar-refractivity contribution is 4.73. The molecule has 86 valence electrons. The van der Waals surface area contributed by atoms with Crippen molar-refractivity contribution in [3.8, 4) is 0 Å². The van der Waals surface area contributed by atoms with Crippen LogP contribution < -0.4 is 11.1 Å². The second kappa shape index (κ2) is 8.15. The number of nitrogens with one attached hydrogen (secondary N) is 1. The van der Waals surface area contributed by atoms with Crippen molar-refractivity contribution in [1.82, 2.24) is 5.32 Å². The lowest BCUT2D eigenvalue weighted by atomic mass is 10.1. The van der Waals surface area contributed by atoms with E-state index in [1.807, 2.05) is 6.92 Å². The smallest absolute Gasteiger partial charge is 0.113 e. The number of halogens is 1. The van der Waals surface area contributed by atoms with Gasteiger partial charge in [-0.3, -0.25) is 0 Å². The standard InChI is InChI=1S/C10H23FN2O/c1-3-9(14)5-7-13-10(4-6-12)8(2)11/h8-10,13-14H,3-7,12H2,1-2H3/t8-,9?,10+/m0/s1. The summed E-state index contributed by atoms with van der Waals surface area (Å²) in [7, 11) is 0. The Morgan fingerprint density at radius 3 is 2.50 bits per heavy atom. The molecule has 0 aliphatic carbocycles. The SMILES string of the molecule is CCC(O)CCN[C@H](CCN)[C@H](C)F. The monoisotopic (exact) mass is 206 g/mol. The minimum absolute atomic E-state index is 0.177. The van der Waals surface area contributed by atoms with Crippen LogP contribution in [0.25, 0.3) is 0 Å². The Balaban J connectivity index is 3.60. The van der Waals surface area contributed by atoms with Gasteiger partial charge in [-0.25, -0.2) is 4.39 Å². The van der Waals surface area contributed by atoms with Crippen molar-refractivity contribution in [3.63, 3.8) is 0 Å². The fraction of sp³-hybridized carbons (Fsp3) is 1.00. The third kappa shape index (κ3) is 6.29. The molecule has 0 heterocycles. The van der Waals surface area contributed by atoms with Gasteiger partial charge in [0.25, 0.3) is 0 Å². The number of hydrogen-bond donors (Lipinski definition) is 3. The number of aliphatic hydroxyl groups is 1. The average Bonchev–Trinajstić information content (AvgIpc) is 2.16. The summed E-state index contributed by atoms with van der Waals surface area (Å²) in [6.07, 6.45) is 0.881. The highest BCUT2D eigenvalue weighted by atomic mass is 19.1. The number of hydrogen-bond acceptors (Lipinski definition) is 3. The molecule has 0 aliphatic heterocycles. The summed E-state index contributed by atoms with van der Waals surface area (Å²) in [5, 5.41) is 12.4. The van der Waals surface area contributed by atoms with E-state index in [-0.39, 0.29) is 12.1 Å². The van der Waals surface area contributed by atoms with E-state index in [1.165, 1.54) is 6.92 Å². The Hall–Kier alpha value is -0.190. The van der Waals surface area contributed by atoms with Gasteiger partial charge in [-0.2, -0.15) is 0 Å². The fourth-order valence-corrected chi connectivity index (χ4v) is 1.31. The molecule has 0 spiro atoms. The van der Waals surface area contributed by atoms with Crippen LogP contribution in [0.2, 0.25) is 0 Å². The zero-order valence-corrected chi connectivity index (χ0v) is 9.17. The van der Waals surface area contributed by atoms with E-state index in [9.17, 15) is 9.50 Å². The maximum absolute atomic E-state index is 13.0. The normalized spacial score (nSPS) is 17.8. The molecule has 4 heteroatoms. The summed E-state index contributed by atoms with van der Waals surface area (Å²) in [5.74, 6) is 0. The molecular weight excluding hydrogens is 183 g/mol. The van der Waals surface area contributed by atoms with Crippen LogP contribution in [0.3, 0.4) is 0 Å². The molecule has 0 bridgehead atoms. The van der Waals surface area contributed by atoms with E-state index in [0.717, 1.165) is 6.42 Å². The Morgan fingerprint density at radius 1 is 1.43 bits per heavy atom. The molecule has 0 fully saturated rings. The zero-order chi connectivity index (χ0) is 11.0. The Bertz CT molecular complexity index is 133. The van der Waals surface area contributed by atoms with Crippen molar-refractivity contribution < 1.29 is 9.50 Å². The summed E-state index contributed by atoms with van der Waals surface area (Å²) in [6, 6.07) is -0.177. The van der Waals surface area contributed by atoms with Gasteiger partial charge in [-0.15, -0.1) is 0 Å². The minimum atomic E-state index is -0.891. The van der Waals surface area contributed by atoms with E-state index in [2.05, 4.69) is 5.32 Å². The van der Waals surface area contributed by atoms with Crippen molar-refractivity contribution in [1.29, 1.82) is 0 Å². The number of nitrogens with two attached hydrogens (primary N) is 1. The lowest BCUT2D eigenvalue weighted by molar-refractivity contribution is 0.154. The van der Waals surface area contributed by atoms with E-state index >= 15 is 0 Å². The van der Waals surface area contributed by atoms with E-state index < -0.39 is 6.17 Å². The van der Waals surface area contributed by atoms with Crippen LogP contribution >= 0.6 is 0 Å². The molecule has 0 aliphatic rings. The van der Waals surface area contributed by atoms with Crippen LogP contribution in [0, 0.1) is 0 Å². The predicted octanol–water partition coefficient (Wildman–Crippen LogP) is 0.812. The van der Waals surface area contributed by atoms with Gasteiger partial charge >= 0.3 is 0 Å². The van der Waals surface area contributed by atoms with Gasteiger partial charge in [0, 0.05) is 6.04 Å². The van der Waals surface area contributed by atoms with Crippen molar-refractivity contribution in [2.45, 2.75) is 51.4 Å². The van der Waals surface area contributed by atoms with Gasteiger partial charge in [0.1, 0.15) is 6.17 Å². The summed E-state index contributed by atoms with van der Waals surface area (Å²) in [5.41, 5.74) is 5.37. The van der Waals surface area contributed by atoms with Crippen LogP contribution in [0.1, 0.15) is 33.1 Å². The van der Waals surface area contributed by atoms with Gasteiger partial charge in [0.2, 0.25) is 0 Å². The molecule has 0 amide bonds. The molecule has 0 aromatic carbocycles. The average molecular weight is 206 g/mol. The molecule has 0 rings (SSSR count). The van der Waals surface area contributed by atoms with Crippen LogP contribution in [-0.2, 0) is 0 Å². The van der Waals surface area contributed by atoms with Crippen LogP contribution in [0.4, 0.5) is 4.39 Å². The first-order valence-electron chi connectivity index (χ1n) is 5.37. The van der Waals surface area contributed by atoms with Crippen LogP contribution in [0.15, 0.2) is 0 Å². The molecule has 0 aromatic rings.